The smallest absolute Gasteiger partial charge is 0.472 e. The van der Waals surface area contributed by atoms with Crippen LogP contribution in [-0.2, 0) is 42.3 Å². The number of aliphatic carboxylic acids is 1. The summed E-state index contributed by atoms with van der Waals surface area (Å²) in [4.78, 5) is 58.1. The van der Waals surface area contributed by atoms with Crippen LogP contribution in [0.4, 0.5) is 0 Å². The largest absolute Gasteiger partial charge is 0.480 e. The molecule has 4 N–H and O–H groups in total. The van der Waals surface area contributed by atoms with Crippen molar-refractivity contribution < 1.29 is 52.3 Å². The van der Waals surface area contributed by atoms with Gasteiger partial charge in [0.15, 0.2) is 11.9 Å². The molecule has 0 aliphatic carbocycles. The normalized spacial score (nSPS) is 14.2. The Morgan fingerprint density at radius 3 is 1.75 bits per heavy atom. The number of ether oxygens (including phenoxy) is 2. The summed E-state index contributed by atoms with van der Waals surface area (Å²) in [7, 11) is -4.77. The van der Waals surface area contributed by atoms with Crippen molar-refractivity contribution in [3.8, 4) is 0 Å². The van der Waals surface area contributed by atoms with E-state index in [4.69, 9.17) is 24.8 Å². The summed E-state index contributed by atoms with van der Waals surface area (Å²) in [6, 6.07) is -1.56. The summed E-state index contributed by atoms with van der Waals surface area (Å²) in [5.41, 5.74) is 5.31. The van der Waals surface area contributed by atoms with E-state index in [-0.39, 0.29) is 31.5 Å². The van der Waals surface area contributed by atoms with E-state index in [9.17, 15) is 28.6 Å². The van der Waals surface area contributed by atoms with Crippen LogP contribution in [0.5, 0.6) is 0 Å². The van der Waals surface area contributed by atoms with E-state index in [1.54, 1.807) is 12.2 Å². The molecule has 0 radical (unpaired) electrons. The lowest BCUT2D eigenvalue weighted by atomic mass is 10.1. The van der Waals surface area contributed by atoms with Crippen molar-refractivity contribution in [1.82, 2.24) is 0 Å². The topological polar surface area (TPSA) is 189 Å². The second kappa shape index (κ2) is 38.4. The highest BCUT2D eigenvalue weighted by Gasteiger charge is 2.28. The van der Waals surface area contributed by atoms with Crippen LogP contribution in [0, 0.1) is 0 Å². The van der Waals surface area contributed by atoms with Gasteiger partial charge in [-0.15, -0.1) is 0 Å². The highest BCUT2D eigenvalue weighted by Crippen LogP contribution is 2.43. The third kappa shape index (κ3) is 38.2. The minimum absolute atomic E-state index is 0.0710. The number of carbonyl (C=O) groups excluding carboxylic acids is 3. The van der Waals surface area contributed by atoms with Gasteiger partial charge in [-0.05, 0) is 70.3 Å². The fourth-order valence-corrected chi connectivity index (χ4v) is 6.08. The van der Waals surface area contributed by atoms with Crippen LogP contribution in [0.25, 0.3) is 0 Å². The summed E-state index contributed by atoms with van der Waals surface area (Å²) in [5.74, 6) is -2.82. The number of ketones is 1. The van der Waals surface area contributed by atoms with Gasteiger partial charge in [-0.1, -0.05) is 133 Å². The molecule has 0 aromatic carbocycles. The van der Waals surface area contributed by atoms with E-state index in [2.05, 4.69) is 54.8 Å². The summed E-state index contributed by atoms with van der Waals surface area (Å²) >= 11 is 0. The van der Waals surface area contributed by atoms with Crippen molar-refractivity contribution in [2.24, 2.45) is 5.73 Å². The Hall–Kier alpha value is -3.15. The molecule has 0 aromatic rings. The second-order valence-corrected chi connectivity index (χ2v) is 15.6. The SMILES string of the molecule is CCCCC/C=C\C/C=C\C/C=C\C=C\C(=O)CCCC(=O)OC[C@H](COP(=O)(O)OC[C@H](N)C(=O)O)OC(=O)CCCCCCC/C=C\CCCCCCCC. The number of phosphoric acid groups is 1. The zero-order valence-corrected chi connectivity index (χ0v) is 35.8. The summed E-state index contributed by atoms with van der Waals surface area (Å²) < 4.78 is 32.4. The average molecular weight is 824 g/mol. The molecule has 0 rings (SSSR count). The molecule has 13 heteroatoms. The second-order valence-electron chi connectivity index (χ2n) is 14.2. The van der Waals surface area contributed by atoms with Gasteiger partial charge in [-0.25, -0.2) is 4.57 Å². The minimum Gasteiger partial charge on any atom is -0.480 e. The van der Waals surface area contributed by atoms with Gasteiger partial charge in [0.1, 0.15) is 12.6 Å². The molecule has 0 aliphatic heterocycles. The average Bonchev–Trinajstić information content (AvgIpc) is 3.18. The van der Waals surface area contributed by atoms with Gasteiger partial charge in [0.05, 0.1) is 13.2 Å². The molecule has 0 saturated carbocycles. The predicted octanol–water partition coefficient (Wildman–Crippen LogP) is 10.3. The number of unbranched alkanes of at least 4 members (excludes halogenated alkanes) is 14. The molecule has 0 aromatic heterocycles. The quantitative estimate of drug-likeness (QED) is 0.0133. The van der Waals surface area contributed by atoms with E-state index in [0.29, 0.717) is 6.42 Å². The Kier molecular flexibility index (Phi) is 36.3. The third-order valence-corrected chi connectivity index (χ3v) is 9.67. The van der Waals surface area contributed by atoms with Gasteiger partial charge in [0.25, 0.3) is 0 Å². The molecule has 3 atom stereocenters. The molecule has 0 bridgehead atoms. The number of phosphoric ester groups is 1. The molecule has 0 amide bonds. The Morgan fingerprint density at radius 1 is 0.596 bits per heavy atom. The molecule has 326 valence electrons. The lowest BCUT2D eigenvalue weighted by Crippen LogP contribution is -2.34. The van der Waals surface area contributed by atoms with Crippen LogP contribution in [0.3, 0.4) is 0 Å². The minimum atomic E-state index is -4.77. The maximum atomic E-state index is 12.6. The van der Waals surface area contributed by atoms with Gasteiger partial charge in [0.2, 0.25) is 0 Å². The number of carboxylic acids is 1. The molecule has 0 aliphatic rings. The van der Waals surface area contributed by atoms with Gasteiger partial charge in [0, 0.05) is 19.3 Å². The molecular formula is C44H74NO11P. The van der Waals surface area contributed by atoms with E-state index in [1.807, 2.05) is 6.08 Å². The molecule has 12 nitrogen and oxygen atoms in total. The lowest BCUT2D eigenvalue weighted by molar-refractivity contribution is -0.161. The third-order valence-electron chi connectivity index (χ3n) is 8.71. The monoisotopic (exact) mass is 823 g/mol. The summed E-state index contributed by atoms with van der Waals surface area (Å²) in [5, 5.41) is 8.88. The number of nitrogens with two attached hydrogens (primary N) is 1. The van der Waals surface area contributed by atoms with Crippen LogP contribution in [0.2, 0.25) is 0 Å². The first-order valence-electron chi connectivity index (χ1n) is 21.3. The van der Waals surface area contributed by atoms with Gasteiger partial charge >= 0.3 is 25.7 Å². The number of carbonyl (C=O) groups is 4. The van der Waals surface area contributed by atoms with Gasteiger partial charge in [-0.3, -0.25) is 28.2 Å². The zero-order chi connectivity index (χ0) is 42.2. The fourth-order valence-electron chi connectivity index (χ4n) is 5.31. The Labute approximate surface area is 343 Å². The highest BCUT2D eigenvalue weighted by molar-refractivity contribution is 7.47. The van der Waals surface area contributed by atoms with E-state index in [1.165, 1.54) is 63.9 Å². The van der Waals surface area contributed by atoms with Crippen LogP contribution >= 0.6 is 7.82 Å². The number of allylic oxidation sites excluding steroid dienone is 10. The number of hydrogen-bond acceptors (Lipinski definition) is 10. The van der Waals surface area contributed by atoms with Crippen molar-refractivity contribution in [3.05, 3.63) is 60.8 Å². The fraction of sp³-hybridized carbons (Fsp3) is 0.682. The van der Waals surface area contributed by atoms with Crippen molar-refractivity contribution in [2.45, 2.75) is 174 Å². The molecule has 57 heavy (non-hydrogen) atoms. The number of carboxylic acid groups (broad SMARTS) is 1. The van der Waals surface area contributed by atoms with Crippen LogP contribution < -0.4 is 5.73 Å². The molecule has 0 heterocycles. The van der Waals surface area contributed by atoms with Crippen molar-refractivity contribution >= 4 is 31.5 Å². The van der Waals surface area contributed by atoms with Gasteiger partial charge in [-0.2, -0.15) is 0 Å². The van der Waals surface area contributed by atoms with Crippen molar-refractivity contribution in [1.29, 1.82) is 0 Å². The maximum absolute atomic E-state index is 12.6. The Balaban J connectivity index is 4.60. The first kappa shape index (κ1) is 53.9. The van der Waals surface area contributed by atoms with E-state index < -0.39 is 57.7 Å². The zero-order valence-electron chi connectivity index (χ0n) is 34.9. The number of hydrogen-bond donors (Lipinski definition) is 3. The first-order valence-corrected chi connectivity index (χ1v) is 22.8. The van der Waals surface area contributed by atoms with Crippen molar-refractivity contribution in [3.63, 3.8) is 0 Å². The highest BCUT2D eigenvalue weighted by atomic mass is 31.2. The molecule has 1 unspecified atom stereocenters. The Bertz CT molecular complexity index is 1260. The summed E-state index contributed by atoms with van der Waals surface area (Å²) in [6.07, 6.45) is 40.1. The molecule has 0 fully saturated rings. The first-order chi connectivity index (χ1) is 27.5. The maximum Gasteiger partial charge on any atom is 0.472 e. The standard InChI is InChI=1S/C44H74NO11P/c1-3-5-7-9-11-13-15-17-18-20-22-24-26-28-30-34-43(48)56-40(37-54-57(51,52)55-38-41(45)44(49)50)36-53-42(47)35-31-33-39(46)32-29-27-25-23-21-19-16-14-12-10-8-6-4-2/h12,14,17-19,21,25,27,29,32,40-41H,3-11,13,15-16,20,22-24,26,28,30-31,33-38,45H2,1-2H3,(H,49,50)(H,51,52)/b14-12-,18-17-,21-19-,27-25-,32-29+/t40-,41+/m1/s1. The van der Waals surface area contributed by atoms with Crippen LogP contribution in [-0.4, -0.2) is 65.7 Å². The van der Waals surface area contributed by atoms with E-state index >= 15 is 0 Å². The van der Waals surface area contributed by atoms with Crippen molar-refractivity contribution in [2.75, 3.05) is 19.8 Å². The van der Waals surface area contributed by atoms with Gasteiger partial charge < -0.3 is 25.2 Å². The number of esters is 2. The van der Waals surface area contributed by atoms with E-state index in [0.717, 1.165) is 57.8 Å². The lowest BCUT2D eigenvalue weighted by Gasteiger charge is -2.20. The molecular weight excluding hydrogens is 749 g/mol. The van der Waals surface area contributed by atoms with Crippen LogP contribution in [0.15, 0.2) is 60.8 Å². The summed E-state index contributed by atoms with van der Waals surface area (Å²) in [6.45, 7) is 2.50. The number of rotatable bonds is 39. The Morgan fingerprint density at radius 2 is 1.11 bits per heavy atom. The molecule has 0 spiro atoms. The predicted molar refractivity (Wildman–Crippen MR) is 226 cm³/mol. The molecule has 0 saturated heterocycles. The van der Waals surface area contributed by atoms with Crippen LogP contribution in [0.1, 0.15) is 162 Å².